The van der Waals surface area contributed by atoms with E-state index in [9.17, 15) is 4.79 Å². The summed E-state index contributed by atoms with van der Waals surface area (Å²) < 4.78 is 0. The van der Waals surface area contributed by atoms with Gasteiger partial charge in [0.05, 0.1) is 11.4 Å². The molecule has 0 bridgehead atoms. The molecule has 0 saturated carbocycles. The van der Waals surface area contributed by atoms with Crippen molar-refractivity contribution in [1.82, 2.24) is 4.90 Å². The summed E-state index contributed by atoms with van der Waals surface area (Å²) in [6.07, 6.45) is 0. The Kier molecular flexibility index (Phi) is 5.06. The third kappa shape index (κ3) is 3.80. The Balaban J connectivity index is 1.53. The van der Waals surface area contributed by atoms with Crippen LogP contribution in [0.5, 0.6) is 0 Å². The number of urea groups is 1. The number of para-hydroxylation sites is 3. The third-order valence-corrected chi connectivity index (χ3v) is 4.89. The van der Waals surface area contributed by atoms with Crippen LogP contribution in [0.2, 0.25) is 0 Å². The number of carbonyl (C=O) groups excluding carboxylic acids is 1. The van der Waals surface area contributed by atoms with E-state index in [1.54, 1.807) is 4.90 Å². The zero-order valence-electron chi connectivity index (χ0n) is 15.2. The molecule has 0 aromatic heterocycles. The Bertz CT molecular complexity index is 820. The first-order chi connectivity index (χ1) is 13.3. The predicted octanol–water partition coefficient (Wildman–Crippen LogP) is 4.77. The molecule has 1 aliphatic heterocycles. The van der Waals surface area contributed by atoms with Crippen molar-refractivity contribution in [1.29, 1.82) is 0 Å². The number of rotatable bonds is 3. The van der Waals surface area contributed by atoms with Gasteiger partial charge in [0.1, 0.15) is 0 Å². The minimum absolute atomic E-state index is 0.0279. The monoisotopic (exact) mass is 357 g/mol. The summed E-state index contributed by atoms with van der Waals surface area (Å²) in [6.45, 7) is 3.11. The number of benzene rings is 3. The van der Waals surface area contributed by atoms with Crippen LogP contribution < -0.4 is 9.80 Å². The summed E-state index contributed by atoms with van der Waals surface area (Å²) in [5, 5.41) is 0. The molecular formula is C23H23N3O. The van der Waals surface area contributed by atoms with Gasteiger partial charge in [-0.1, -0.05) is 54.6 Å². The molecular weight excluding hydrogens is 334 g/mol. The highest BCUT2D eigenvalue weighted by molar-refractivity contribution is 5.99. The Hall–Kier alpha value is -3.27. The minimum atomic E-state index is 0.0279. The van der Waals surface area contributed by atoms with E-state index in [-0.39, 0.29) is 6.03 Å². The van der Waals surface area contributed by atoms with E-state index in [1.807, 2.05) is 71.6 Å². The van der Waals surface area contributed by atoms with E-state index < -0.39 is 0 Å². The van der Waals surface area contributed by atoms with Crippen LogP contribution >= 0.6 is 0 Å². The fourth-order valence-electron chi connectivity index (χ4n) is 3.46. The van der Waals surface area contributed by atoms with Crippen LogP contribution in [0, 0.1) is 0 Å². The highest BCUT2D eigenvalue weighted by Gasteiger charge is 2.27. The van der Waals surface area contributed by atoms with Crippen molar-refractivity contribution in [3.63, 3.8) is 0 Å². The van der Waals surface area contributed by atoms with Crippen LogP contribution in [0.25, 0.3) is 0 Å². The van der Waals surface area contributed by atoms with Gasteiger partial charge in [-0.05, 0) is 36.4 Å². The summed E-state index contributed by atoms with van der Waals surface area (Å²) in [5.41, 5.74) is 2.99. The topological polar surface area (TPSA) is 26.8 Å². The van der Waals surface area contributed by atoms with E-state index in [0.29, 0.717) is 13.1 Å². The van der Waals surface area contributed by atoms with Crippen LogP contribution in [0.15, 0.2) is 91.0 Å². The van der Waals surface area contributed by atoms with Crippen molar-refractivity contribution in [2.45, 2.75) is 0 Å². The fourth-order valence-corrected chi connectivity index (χ4v) is 3.46. The summed E-state index contributed by atoms with van der Waals surface area (Å²) in [6, 6.07) is 30.1. The van der Waals surface area contributed by atoms with Gasteiger partial charge in [-0.25, -0.2) is 4.79 Å². The number of piperazine rings is 1. The van der Waals surface area contributed by atoms with Crippen LogP contribution in [-0.2, 0) is 0 Å². The lowest BCUT2D eigenvalue weighted by Gasteiger charge is -2.38. The van der Waals surface area contributed by atoms with E-state index in [2.05, 4.69) is 29.2 Å². The summed E-state index contributed by atoms with van der Waals surface area (Å²) in [7, 11) is 0. The first-order valence-electron chi connectivity index (χ1n) is 9.32. The van der Waals surface area contributed by atoms with Gasteiger partial charge in [0.25, 0.3) is 0 Å². The quantitative estimate of drug-likeness (QED) is 0.675. The largest absolute Gasteiger partial charge is 0.368 e. The number of hydrogen-bond acceptors (Lipinski definition) is 2. The van der Waals surface area contributed by atoms with Gasteiger partial charge in [-0.15, -0.1) is 0 Å². The summed E-state index contributed by atoms with van der Waals surface area (Å²) in [5.74, 6) is 0. The molecule has 0 N–H and O–H groups in total. The van der Waals surface area contributed by atoms with Gasteiger partial charge in [-0.2, -0.15) is 0 Å². The van der Waals surface area contributed by atoms with E-state index in [1.165, 1.54) is 5.69 Å². The van der Waals surface area contributed by atoms with Gasteiger partial charge in [0.15, 0.2) is 0 Å². The Labute approximate surface area is 160 Å². The SMILES string of the molecule is O=C(N1CCN(c2ccccc2)CC1)N(c1ccccc1)c1ccccc1. The average Bonchev–Trinajstić information content (AvgIpc) is 2.76. The maximum absolute atomic E-state index is 13.4. The molecule has 1 heterocycles. The maximum atomic E-state index is 13.4. The van der Waals surface area contributed by atoms with E-state index >= 15 is 0 Å². The first kappa shape index (κ1) is 17.2. The Morgan fingerprint density at radius 3 is 1.56 bits per heavy atom. The molecule has 27 heavy (non-hydrogen) atoms. The second-order valence-corrected chi connectivity index (χ2v) is 6.60. The minimum Gasteiger partial charge on any atom is -0.368 e. The number of hydrogen-bond donors (Lipinski definition) is 0. The summed E-state index contributed by atoms with van der Waals surface area (Å²) in [4.78, 5) is 19.5. The average molecular weight is 357 g/mol. The Morgan fingerprint density at radius 2 is 1.07 bits per heavy atom. The second kappa shape index (κ2) is 7.96. The summed E-state index contributed by atoms with van der Waals surface area (Å²) >= 11 is 0. The zero-order valence-corrected chi connectivity index (χ0v) is 15.2. The molecule has 136 valence electrons. The molecule has 0 aliphatic carbocycles. The molecule has 4 nitrogen and oxygen atoms in total. The number of carbonyl (C=O) groups is 1. The first-order valence-corrected chi connectivity index (χ1v) is 9.32. The van der Waals surface area contributed by atoms with Gasteiger partial charge in [-0.3, -0.25) is 4.90 Å². The van der Waals surface area contributed by atoms with Crippen molar-refractivity contribution in [2.24, 2.45) is 0 Å². The molecule has 3 aromatic carbocycles. The zero-order chi connectivity index (χ0) is 18.5. The van der Waals surface area contributed by atoms with E-state index in [4.69, 9.17) is 0 Å². The van der Waals surface area contributed by atoms with Gasteiger partial charge in [0.2, 0.25) is 0 Å². The van der Waals surface area contributed by atoms with Gasteiger partial charge in [0, 0.05) is 31.9 Å². The smallest absolute Gasteiger partial charge is 0.329 e. The number of amides is 2. The fraction of sp³-hybridized carbons (Fsp3) is 0.174. The molecule has 0 unspecified atom stereocenters. The number of anilines is 3. The van der Waals surface area contributed by atoms with Gasteiger partial charge < -0.3 is 9.80 Å². The molecule has 2 amide bonds. The number of nitrogens with zero attached hydrogens (tertiary/aromatic N) is 3. The van der Waals surface area contributed by atoms with Crippen molar-refractivity contribution in [3.8, 4) is 0 Å². The van der Waals surface area contributed by atoms with Gasteiger partial charge >= 0.3 is 6.03 Å². The molecule has 4 heteroatoms. The highest BCUT2D eigenvalue weighted by Crippen LogP contribution is 2.27. The van der Waals surface area contributed by atoms with Crippen molar-refractivity contribution < 1.29 is 4.79 Å². The van der Waals surface area contributed by atoms with Crippen molar-refractivity contribution >= 4 is 23.1 Å². The third-order valence-electron chi connectivity index (χ3n) is 4.89. The molecule has 4 rings (SSSR count). The lowest BCUT2D eigenvalue weighted by atomic mass is 10.2. The lowest BCUT2D eigenvalue weighted by Crippen LogP contribution is -2.52. The molecule has 3 aromatic rings. The standard InChI is InChI=1S/C23H23N3O/c27-23(25-18-16-24(17-19-25)20-10-4-1-5-11-20)26(21-12-6-2-7-13-21)22-14-8-3-9-15-22/h1-15H,16-19H2. The highest BCUT2D eigenvalue weighted by atomic mass is 16.2. The maximum Gasteiger partial charge on any atom is 0.329 e. The molecule has 0 spiro atoms. The second-order valence-electron chi connectivity index (χ2n) is 6.60. The lowest BCUT2D eigenvalue weighted by molar-refractivity contribution is 0.203. The van der Waals surface area contributed by atoms with Crippen molar-refractivity contribution in [2.75, 3.05) is 36.0 Å². The normalized spacial score (nSPS) is 14.1. The molecule has 1 fully saturated rings. The van der Waals surface area contributed by atoms with E-state index in [0.717, 1.165) is 24.5 Å². The molecule has 1 saturated heterocycles. The molecule has 0 radical (unpaired) electrons. The molecule has 0 atom stereocenters. The predicted molar refractivity (Wildman–Crippen MR) is 111 cm³/mol. The van der Waals surface area contributed by atoms with Crippen LogP contribution in [0.3, 0.4) is 0 Å². The van der Waals surface area contributed by atoms with Crippen LogP contribution in [0.1, 0.15) is 0 Å². The molecule has 1 aliphatic rings. The van der Waals surface area contributed by atoms with Crippen molar-refractivity contribution in [3.05, 3.63) is 91.0 Å². The van der Waals surface area contributed by atoms with Crippen LogP contribution in [0.4, 0.5) is 21.9 Å². The van der Waals surface area contributed by atoms with Crippen LogP contribution in [-0.4, -0.2) is 37.1 Å². The Morgan fingerprint density at radius 1 is 0.630 bits per heavy atom.